The summed E-state index contributed by atoms with van der Waals surface area (Å²) in [6, 6.07) is 6.01. The van der Waals surface area contributed by atoms with Crippen molar-refractivity contribution in [3.8, 4) is 0 Å². The number of hydrogen-bond acceptors (Lipinski definition) is 4. The minimum Gasteiger partial charge on any atom is -0.391 e. The minimum atomic E-state index is -0.247. The molecule has 6 heteroatoms. The molecular formula is C21H28N4O2. The lowest BCUT2D eigenvalue weighted by atomic mass is 9.77. The Morgan fingerprint density at radius 1 is 1.19 bits per heavy atom. The number of rotatable bonds is 2. The van der Waals surface area contributed by atoms with Gasteiger partial charge in [0.05, 0.1) is 17.1 Å². The topological polar surface area (TPSA) is 72.5 Å². The van der Waals surface area contributed by atoms with E-state index in [2.05, 4.69) is 14.9 Å². The SMILES string of the molecule is Cc1nc2ccc(C(=O)N3C[C@H]4C[C@@H](N5CCCC5)[C@H](O)C[C@H]4C3)cc2[nH]1. The number of amides is 1. The highest BCUT2D eigenvalue weighted by Crippen LogP contribution is 2.39. The van der Waals surface area contributed by atoms with Gasteiger partial charge in [0.15, 0.2) is 0 Å². The number of aliphatic hydroxyl groups excluding tert-OH is 1. The van der Waals surface area contributed by atoms with Crippen LogP contribution in [-0.4, -0.2) is 69.1 Å². The number of aryl methyl sites for hydroxylation is 1. The zero-order valence-electron chi connectivity index (χ0n) is 15.9. The van der Waals surface area contributed by atoms with Gasteiger partial charge in [-0.3, -0.25) is 9.69 Å². The second kappa shape index (κ2) is 6.60. The van der Waals surface area contributed by atoms with E-state index < -0.39 is 0 Å². The quantitative estimate of drug-likeness (QED) is 0.852. The Bertz CT molecular complexity index is 857. The number of benzene rings is 1. The zero-order chi connectivity index (χ0) is 18.5. The van der Waals surface area contributed by atoms with Crippen LogP contribution >= 0.6 is 0 Å². The molecule has 0 radical (unpaired) electrons. The van der Waals surface area contributed by atoms with Crippen molar-refractivity contribution in [2.75, 3.05) is 26.2 Å². The molecule has 3 heterocycles. The van der Waals surface area contributed by atoms with Gasteiger partial charge in [-0.15, -0.1) is 0 Å². The molecule has 144 valence electrons. The molecule has 1 saturated carbocycles. The van der Waals surface area contributed by atoms with Crippen LogP contribution in [0.4, 0.5) is 0 Å². The highest BCUT2D eigenvalue weighted by Gasteiger charge is 2.44. The van der Waals surface area contributed by atoms with E-state index >= 15 is 0 Å². The molecule has 2 N–H and O–H groups in total. The van der Waals surface area contributed by atoms with Gasteiger partial charge < -0.3 is 15.0 Å². The number of carbonyl (C=O) groups is 1. The summed E-state index contributed by atoms with van der Waals surface area (Å²) in [5, 5.41) is 10.7. The molecule has 0 bridgehead atoms. The van der Waals surface area contributed by atoms with Crippen LogP contribution in [0.2, 0.25) is 0 Å². The lowest BCUT2D eigenvalue weighted by Crippen LogP contribution is -2.48. The summed E-state index contributed by atoms with van der Waals surface area (Å²) in [6.45, 7) is 5.75. The van der Waals surface area contributed by atoms with Crippen LogP contribution in [0.3, 0.4) is 0 Å². The van der Waals surface area contributed by atoms with Crippen LogP contribution in [0, 0.1) is 18.8 Å². The number of nitrogens with zero attached hydrogens (tertiary/aromatic N) is 3. The number of hydrogen-bond donors (Lipinski definition) is 2. The summed E-state index contributed by atoms with van der Waals surface area (Å²) in [4.78, 5) is 25.2. The van der Waals surface area contributed by atoms with Crippen molar-refractivity contribution in [2.24, 2.45) is 11.8 Å². The fourth-order valence-electron chi connectivity index (χ4n) is 5.49. The predicted octanol–water partition coefficient (Wildman–Crippen LogP) is 2.18. The molecule has 27 heavy (non-hydrogen) atoms. The van der Waals surface area contributed by atoms with E-state index in [0.717, 1.165) is 61.4 Å². The maximum absolute atomic E-state index is 13.1. The minimum absolute atomic E-state index is 0.103. The molecule has 1 aromatic heterocycles. The van der Waals surface area contributed by atoms with Crippen LogP contribution < -0.4 is 0 Å². The van der Waals surface area contributed by atoms with E-state index in [1.807, 2.05) is 30.0 Å². The van der Waals surface area contributed by atoms with Crippen molar-refractivity contribution in [2.45, 2.75) is 44.8 Å². The first-order chi connectivity index (χ1) is 13.1. The molecule has 0 spiro atoms. The van der Waals surface area contributed by atoms with Gasteiger partial charge in [-0.2, -0.15) is 0 Å². The average Bonchev–Trinajstić information content (AvgIpc) is 3.37. The Morgan fingerprint density at radius 3 is 2.70 bits per heavy atom. The molecule has 3 aliphatic rings. The standard InChI is InChI=1S/C21H28N4O2/c1-13-22-17-5-4-14(8-18(17)23-13)21(27)25-11-15-9-19(24-6-2-3-7-24)20(26)10-16(15)12-25/h4-5,8,15-16,19-20,26H,2-3,6-7,9-12H2,1H3,(H,22,23)/t15-,16+,19-,20-/m1/s1. The molecule has 2 aromatic rings. The third-order valence-electron chi connectivity index (χ3n) is 6.85. The number of aromatic nitrogens is 2. The Kier molecular flexibility index (Phi) is 4.20. The van der Waals surface area contributed by atoms with E-state index in [-0.39, 0.29) is 18.1 Å². The van der Waals surface area contributed by atoms with Crippen molar-refractivity contribution < 1.29 is 9.90 Å². The largest absolute Gasteiger partial charge is 0.391 e. The molecule has 3 fully saturated rings. The van der Waals surface area contributed by atoms with E-state index in [1.54, 1.807) is 0 Å². The fourth-order valence-corrected chi connectivity index (χ4v) is 5.49. The molecule has 2 aliphatic heterocycles. The Morgan fingerprint density at radius 2 is 1.93 bits per heavy atom. The monoisotopic (exact) mass is 368 g/mol. The van der Waals surface area contributed by atoms with Gasteiger partial charge in [0, 0.05) is 24.7 Å². The third kappa shape index (κ3) is 3.05. The zero-order valence-corrected chi connectivity index (χ0v) is 15.9. The predicted molar refractivity (Wildman–Crippen MR) is 104 cm³/mol. The average molecular weight is 368 g/mol. The first-order valence-corrected chi connectivity index (χ1v) is 10.3. The number of H-pyrrole nitrogens is 1. The van der Waals surface area contributed by atoms with Crippen molar-refractivity contribution in [3.63, 3.8) is 0 Å². The highest BCUT2D eigenvalue weighted by atomic mass is 16.3. The molecule has 2 saturated heterocycles. The maximum Gasteiger partial charge on any atom is 0.253 e. The molecule has 0 unspecified atom stereocenters. The molecule has 6 nitrogen and oxygen atoms in total. The van der Waals surface area contributed by atoms with Crippen molar-refractivity contribution >= 4 is 16.9 Å². The van der Waals surface area contributed by atoms with Crippen LogP contribution in [0.15, 0.2) is 18.2 Å². The highest BCUT2D eigenvalue weighted by molar-refractivity contribution is 5.97. The Labute approximate surface area is 159 Å². The van der Waals surface area contributed by atoms with Crippen molar-refractivity contribution in [3.05, 3.63) is 29.6 Å². The molecule has 1 aliphatic carbocycles. The first kappa shape index (κ1) is 17.2. The summed E-state index contributed by atoms with van der Waals surface area (Å²) < 4.78 is 0. The second-order valence-corrected chi connectivity index (χ2v) is 8.63. The van der Waals surface area contributed by atoms with Crippen LogP contribution in [0.5, 0.6) is 0 Å². The molecule has 1 aromatic carbocycles. The van der Waals surface area contributed by atoms with Gasteiger partial charge in [-0.1, -0.05) is 0 Å². The maximum atomic E-state index is 13.1. The Balaban J connectivity index is 1.31. The number of carbonyl (C=O) groups excluding carboxylic acids is 1. The van der Waals surface area contributed by atoms with Gasteiger partial charge >= 0.3 is 0 Å². The first-order valence-electron chi connectivity index (χ1n) is 10.3. The normalized spacial score (nSPS) is 31.6. The number of aromatic amines is 1. The number of fused-ring (bicyclic) bond motifs is 2. The lowest BCUT2D eigenvalue weighted by Gasteiger charge is -2.40. The second-order valence-electron chi connectivity index (χ2n) is 8.63. The summed E-state index contributed by atoms with van der Waals surface area (Å²) in [5.74, 6) is 1.91. The van der Waals surface area contributed by atoms with Gasteiger partial charge in [-0.25, -0.2) is 4.98 Å². The fraction of sp³-hybridized carbons (Fsp3) is 0.619. The van der Waals surface area contributed by atoms with Gasteiger partial charge in [-0.05, 0) is 75.7 Å². The molecule has 1 amide bonds. The van der Waals surface area contributed by atoms with Gasteiger partial charge in [0.25, 0.3) is 5.91 Å². The van der Waals surface area contributed by atoms with Gasteiger partial charge in [0.1, 0.15) is 5.82 Å². The summed E-state index contributed by atoms with van der Waals surface area (Å²) in [7, 11) is 0. The number of imidazole rings is 1. The smallest absolute Gasteiger partial charge is 0.253 e. The lowest BCUT2D eigenvalue weighted by molar-refractivity contribution is -0.000864. The summed E-state index contributed by atoms with van der Waals surface area (Å²) in [5.41, 5.74) is 2.54. The Hall–Kier alpha value is -1.92. The van der Waals surface area contributed by atoms with Crippen LogP contribution in [0.1, 0.15) is 41.9 Å². The summed E-state index contributed by atoms with van der Waals surface area (Å²) >= 11 is 0. The summed E-state index contributed by atoms with van der Waals surface area (Å²) in [6.07, 6.45) is 4.10. The van der Waals surface area contributed by atoms with E-state index in [1.165, 1.54) is 12.8 Å². The molecule has 5 rings (SSSR count). The van der Waals surface area contributed by atoms with E-state index in [9.17, 15) is 9.90 Å². The van der Waals surface area contributed by atoms with Crippen molar-refractivity contribution in [1.82, 2.24) is 19.8 Å². The van der Waals surface area contributed by atoms with E-state index in [0.29, 0.717) is 11.8 Å². The third-order valence-corrected chi connectivity index (χ3v) is 6.85. The van der Waals surface area contributed by atoms with Crippen molar-refractivity contribution in [1.29, 1.82) is 0 Å². The van der Waals surface area contributed by atoms with E-state index in [4.69, 9.17) is 0 Å². The number of nitrogens with one attached hydrogen (secondary N) is 1. The van der Waals surface area contributed by atoms with Crippen LogP contribution in [-0.2, 0) is 0 Å². The number of likely N-dealkylation sites (tertiary alicyclic amines) is 2. The van der Waals surface area contributed by atoms with Crippen LogP contribution in [0.25, 0.3) is 11.0 Å². The molecular weight excluding hydrogens is 340 g/mol. The van der Waals surface area contributed by atoms with Gasteiger partial charge in [0.2, 0.25) is 0 Å². The molecule has 4 atom stereocenters. The number of aliphatic hydroxyl groups is 1.